The van der Waals surface area contributed by atoms with Crippen LogP contribution in [0.5, 0.6) is 0 Å². The zero-order valence-electron chi connectivity index (χ0n) is 14.6. The maximum atomic E-state index is 12.8. The summed E-state index contributed by atoms with van der Waals surface area (Å²) in [6, 6.07) is 18.5. The first-order chi connectivity index (χ1) is 12.3. The lowest BCUT2D eigenvalue weighted by atomic mass is 9.95. The van der Waals surface area contributed by atoms with Gasteiger partial charge in [0.1, 0.15) is 0 Å². The minimum absolute atomic E-state index is 0.114. The monoisotopic (exact) mass is 338 g/mol. The van der Waals surface area contributed by atoms with E-state index >= 15 is 0 Å². The molecule has 0 saturated heterocycles. The maximum Gasteiger partial charge on any atom is 0.225 e. The predicted octanol–water partition coefficient (Wildman–Crippen LogP) is 2.72. The highest BCUT2D eigenvalue weighted by atomic mass is 16.5. The molecule has 1 aliphatic rings. The van der Waals surface area contributed by atoms with Gasteiger partial charge in [0.2, 0.25) is 5.91 Å². The Bertz CT molecular complexity index is 687. The van der Waals surface area contributed by atoms with E-state index in [1.807, 2.05) is 35.2 Å². The molecule has 132 valence electrons. The summed E-state index contributed by atoms with van der Waals surface area (Å²) in [5.41, 5.74) is 9.40. The van der Waals surface area contributed by atoms with Crippen LogP contribution in [0.1, 0.15) is 29.2 Å². The van der Waals surface area contributed by atoms with Crippen molar-refractivity contribution < 1.29 is 9.53 Å². The van der Waals surface area contributed by atoms with Crippen molar-refractivity contribution in [2.45, 2.75) is 25.4 Å². The summed E-state index contributed by atoms with van der Waals surface area (Å²) < 4.78 is 5.89. The molecular formula is C21H26N2O2. The number of benzene rings is 2. The Hall–Kier alpha value is -2.17. The number of carbonyl (C=O) groups excluding carboxylic acids is 1. The van der Waals surface area contributed by atoms with Crippen LogP contribution in [0.15, 0.2) is 54.6 Å². The standard InChI is InChI=1S/C21H26N2O2/c22-12-14-23(13-10-17-6-2-1-3-7-17)21(24)16-20-19-9-5-4-8-18(19)11-15-25-20/h1-9,20H,10-16,22H2. The van der Waals surface area contributed by atoms with E-state index < -0.39 is 0 Å². The van der Waals surface area contributed by atoms with E-state index in [0.717, 1.165) is 18.4 Å². The van der Waals surface area contributed by atoms with Gasteiger partial charge in [-0.3, -0.25) is 4.79 Å². The number of rotatable bonds is 7. The van der Waals surface area contributed by atoms with Crippen LogP contribution in [0.3, 0.4) is 0 Å². The third kappa shape index (κ3) is 4.68. The van der Waals surface area contributed by atoms with Gasteiger partial charge >= 0.3 is 0 Å². The molecule has 2 N–H and O–H groups in total. The normalized spacial score (nSPS) is 16.3. The minimum atomic E-state index is -0.144. The van der Waals surface area contributed by atoms with E-state index in [-0.39, 0.29) is 12.0 Å². The Morgan fingerprint density at radius 1 is 1.08 bits per heavy atom. The van der Waals surface area contributed by atoms with Crippen LogP contribution < -0.4 is 5.73 Å². The summed E-state index contributed by atoms with van der Waals surface area (Å²) >= 11 is 0. The summed E-state index contributed by atoms with van der Waals surface area (Å²) in [5, 5.41) is 0. The molecule has 4 heteroatoms. The van der Waals surface area contributed by atoms with Crippen LogP contribution in [-0.4, -0.2) is 37.0 Å². The van der Waals surface area contributed by atoms with Crippen molar-refractivity contribution >= 4 is 5.91 Å². The average Bonchev–Trinajstić information content (AvgIpc) is 2.66. The third-order valence-electron chi connectivity index (χ3n) is 4.72. The van der Waals surface area contributed by atoms with Gasteiger partial charge in [0.05, 0.1) is 19.1 Å². The first-order valence-electron chi connectivity index (χ1n) is 8.99. The van der Waals surface area contributed by atoms with Crippen LogP contribution in [-0.2, 0) is 22.4 Å². The number of fused-ring (bicyclic) bond motifs is 1. The van der Waals surface area contributed by atoms with Gasteiger partial charge in [0.15, 0.2) is 0 Å². The first-order valence-corrected chi connectivity index (χ1v) is 8.99. The van der Waals surface area contributed by atoms with E-state index in [1.165, 1.54) is 11.1 Å². The molecule has 0 aliphatic carbocycles. The number of nitrogens with zero attached hydrogens (tertiary/aromatic N) is 1. The summed E-state index contributed by atoms with van der Waals surface area (Å²) in [6.07, 6.45) is 2.00. The summed E-state index contributed by atoms with van der Waals surface area (Å²) in [4.78, 5) is 14.7. The van der Waals surface area contributed by atoms with Crippen molar-refractivity contribution in [1.29, 1.82) is 0 Å². The Labute approximate surface area is 149 Å². The summed E-state index contributed by atoms with van der Waals surface area (Å²) in [6.45, 7) is 2.42. The lowest BCUT2D eigenvalue weighted by Crippen LogP contribution is -2.38. The van der Waals surface area contributed by atoms with Crippen molar-refractivity contribution in [3.63, 3.8) is 0 Å². The number of carbonyl (C=O) groups is 1. The topological polar surface area (TPSA) is 55.6 Å². The second-order valence-corrected chi connectivity index (χ2v) is 6.42. The molecule has 0 aromatic heterocycles. The number of ether oxygens (including phenoxy) is 1. The van der Waals surface area contributed by atoms with Gasteiger partial charge in [0, 0.05) is 19.6 Å². The van der Waals surface area contributed by atoms with Crippen LogP contribution in [0.25, 0.3) is 0 Å². The molecule has 0 radical (unpaired) electrons. The van der Waals surface area contributed by atoms with Crippen LogP contribution in [0.4, 0.5) is 0 Å². The fraction of sp³-hybridized carbons (Fsp3) is 0.381. The molecule has 0 bridgehead atoms. The van der Waals surface area contributed by atoms with E-state index in [2.05, 4.69) is 24.3 Å². The molecule has 1 atom stereocenters. The molecule has 1 aliphatic heterocycles. The van der Waals surface area contributed by atoms with Crippen LogP contribution in [0.2, 0.25) is 0 Å². The maximum absolute atomic E-state index is 12.8. The van der Waals surface area contributed by atoms with Crippen LogP contribution >= 0.6 is 0 Å². The fourth-order valence-corrected chi connectivity index (χ4v) is 3.36. The first kappa shape index (κ1) is 17.6. The van der Waals surface area contributed by atoms with Crippen LogP contribution in [0, 0.1) is 0 Å². The second-order valence-electron chi connectivity index (χ2n) is 6.42. The molecule has 3 rings (SSSR count). The molecule has 2 aromatic rings. The lowest BCUT2D eigenvalue weighted by molar-refractivity contribution is -0.134. The Morgan fingerprint density at radius 2 is 1.84 bits per heavy atom. The quantitative estimate of drug-likeness (QED) is 0.844. The molecule has 2 aromatic carbocycles. The molecule has 25 heavy (non-hydrogen) atoms. The number of nitrogens with two attached hydrogens (primary N) is 1. The Kier molecular flexibility index (Phi) is 6.20. The predicted molar refractivity (Wildman–Crippen MR) is 99.2 cm³/mol. The minimum Gasteiger partial charge on any atom is -0.373 e. The number of amides is 1. The molecular weight excluding hydrogens is 312 g/mol. The van der Waals surface area contributed by atoms with Gasteiger partial charge < -0.3 is 15.4 Å². The van der Waals surface area contributed by atoms with Gasteiger partial charge in [-0.2, -0.15) is 0 Å². The molecule has 0 spiro atoms. The Morgan fingerprint density at radius 3 is 2.64 bits per heavy atom. The van der Waals surface area contributed by atoms with Crippen molar-refractivity contribution in [3.8, 4) is 0 Å². The van der Waals surface area contributed by atoms with Gasteiger partial charge in [-0.1, -0.05) is 54.6 Å². The highest BCUT2D eigenvalue weighted by Gasteiger charge is 2.25. The largest absolute Gasteiger partial charge is 0.373 e. The van der Waals surface area contributed by atoms with Gasteiger partial charge in [0.25, 0.3) is 0 Å². The number of hydrogen-bond donors (Lipinski definition) is 1. The Balaban J connectivity index is 1.63. The van der Waals surface area contributed by atoms with E-state index in [1.54, 1.807) is 0 Å². The van der Waals surface area contributed by atoms with Gasteiger partial charge in [-0.25, -0.2) is 0 Å². The van der Waals surface area contributed by atoms with E-state index in [4.69, 9.17) is 10.5 Å². The van der Waals surface area contributed by atoms with Crippen molar-refractivity contribution in [3.05, 3.63) is 71.3 Å². The summed E-state index contributed by atoms with van der Waals surface area (Å²) in [7, 11) is 0. The van der Waals surface area contributed by atoms with E-state index in [0.29, 0.717) is 32.7 Å². The van der Waals surface area contributed by atoms with Crippen molar-refractivity contribution in [1.82, 2.24) is 4.90 Å². The summed E-state index contributed by atoms with van der Waals surface area (Å²) in [5.74, 6) is 0.114. The highest BCUT2D eigenvalue weighted by molar-refractivity contribution is 5.77. The third-order valence-corrected chi connectivity index (χ3v) is 4.72. The molecule has 4 nitrogen and oxygen atoms in total. The lowest BCUT2D eigenvalue weighted by Gasteiger charge is -2.29. The van der Waals surface area contributed by atoms with Crippen molar-refractivity contribution in [2.24, 2.45) is 5.73 Å². The molecule has 1 unspecified atom stereocenters. The number of hydrogen-bond acceptors (Lipinski definition) is 3. The van der Waals surface area contributed by atoms with Gasteiger partial charge in [-0.15, -0.1) is 0 Å². The smallest absolute Gasteiger partial charge is 0.225 e. The zero-order chi connectivity index (χ0) is 17.5. The molecule has 1 amide bonds. The van der Waals surface area contributed by atoms with Crippen molar-refractivity contribution in [2.75, 3.05) is 26.2 Å². The SMILES string of the molecule is NCCN(CCc1ccccc1)C(=O)CC1OCCc2ccccc21. The highest BCUT2D eigenvalue weighted by Crippen LogP contribution is 2.29. The second kappa shape index (κ2) is 8.79. The van der Waals surface area contributed by atoms with E-state index in [9.17, 15) is 4.79 Å². The molecule has 1 heterocycles. The molecule has 0 fully saturated rings. The molecule has 0 saturated carbocycles. The average molecular weight is 338 g/mol. The zero-order valence-corrected chi connectivity index (χ0v) is 14.6. The van der Waals surface area contributed by atoms with Gasteiger partial charge in [-0.05, 0) is 29.5 Å². The fourth-order valence-electron chi connectivity index (χ4n) is 3.36.